The van der Waals surface area contributed by atoms with E-state index in [0.29, 0.717) is 33.5 Å². The quantitative estimate of drug-likeness (QED) is 0.363. The number of aryl methyl sites for hydroxylation is 1. The molecule has 8 nitrogen and oxygen atoms in total. The second-order valence-corrected chi connectivity index (χ2v) is 8.30. The van der Waals surface area contributed by atoms with Crippen molar-refractivity contribution in [2.24, 2.45) is 16.5 Å². The third-order valence-electron chi connectivity index (χ3n) is 5.62. The van der Waals surface area contributed by atoms with E-state index in [1.807, 2.05) is 0 Å². The summed E-state index contributed by atoms with van der Waals surface area (Å²) in [6.45, 7) is 9.39. The normalized spacial score (nSPS) is 14.4. The van der Waals surface area contributed by atoms with Crippen LogP contribution in [0.5, 0.6) is 5.75 Å². The lowest BCUT2D eigenvalue weighted by molar-refractivity contribution is 0.304. The van der Waals surface area contributed by atoms with Crippen LogP contribution in [0, 0.1) is 19.3 Å². The Kier molecular flexibility index (Phi) is 6.37. The van der Waals surface area contributed by atoms with Gasteiger partial charge in [-0.2, -0.15) is 5.10 Å². The fraction of sp³-hybridized carbons (Fsp3) is 0.250. The first-order valence-electron chi connectivity index (χ1n) is 10.5. The summed E-state index contributed by atoms with van der Waals surface area (Å²) < 4.78 is 21.4. The van der Waals surface area contributed by atoms with Crippen molar-refractivity contribution in [1.29, 1.82) is 0 Å². The minimum atomic E-state index is -0.596. The number of allylic oxidation sites excluding steroid dienone is 1. The van der Waals surface area contributed by atoms with Gasteiger partial charge in [-0.3, -0.25) is 9.79 Å². The molecule has 0 saturated heterocycles. The Labute approximate surface area is 199 Å². The molecule has 0 amide bonds. The number of hydrogen-bond donors (Lipinski definition) is 3. The van der Waals surface area contributed by atoms with Crippen LogP contribution >= 0.6 is 11.6 Å². The second-order valence-electron chi connectivity index (χ2n) is 7.89. The number of fused-ring (bicyclic) bond motifs is 1. The van der Waals surface area contributed by atoms with Crippen LogP contribution < -0.4 is 21.8 Å². The highest BCUT2D eigenvalue weighted by molar-refractivity contribution is 6.38. The van der Waals surface area contributed by atoms with Gasteiger partial charge in [-0.25, -0.2) is 14.3 Å². The van der Waals surface area contributed by atoms with Gasteiger partial charge in [0.25, 0.3) is 5.56 Å². The van der Waals surface area contributed by atoms with E-state index in [1.54, 1.807) is 13.0 Å². The molecule has 174 valence electrons. The molecule has 3 aromatic rings. The number of nitrogens with one attached hydrogen (secondary N) is 1. The SMILES string of the molecule is [C-]#[N+]c1c(OC2CC2)cc(C)c(F)c1C(=NC)/C(=C\N)c1cc(Cl)c2c(=O)[nH]nc(CN)c2c1. The summed E-state index contributed by atoms with van der Waals surface area (Å²) in [7, 11) is 1.48. The van der Waals surface area contributed by atoms with Crippen molar-refractivity contribution in [2.75, 3.05) is 7.05 Å². The first-order valence-corrected chi connectivity index (χ1v) is 10.9. The fourth-order valence-corrected chi connectivity index (χ4v) is 4.13. The lowest BCUT2D eigenvalue weighted by atomic mass is 9.92. The average molecular weight is 481 g/mol. The minimum Gasteiger partial charge on any atom is -0.501 e. The maximum atomic E-state index is 15.5. The Morgan fingerprint density at radius 1 is 1.44 bits per heavy atom. The highest BCUT2D eigenvalue weighted by Gasteiger charge is 2.29. The smallest absolute Gasteiger partial charge is 0.273 e. The largest absolute Gasteiger partial charge is 0.501 e. The van der Waals surface area contributed by atoms with E-state index in [9.17, 15) is 4.79 Å². The predicted octanol–water partition coefficient (Wildman–Crippen LogP) is 3.99. The molecule has 0 bridgehead atoms. The van der Waals surface area contributed by atoms with Gasteiger partial charge in [0.05, 0.1) is 34.5 Å². The van der Waals surface area contributed by atoms with Gasteiger partial charge in [-0.1, -0.05) is 11.6 Å². The number of halogens is 2. The number of aliphatic imine (C=N–C) groups is 1. The van der Waals surface area contributed by atoms with E-state index >= 15 is 4.39 Å². The van der Waals surface area contributed by atoms with Crippen LogP contribution in [-0.4, -0.2) is 29.1 Å². The second kappa shape index (κ2) is 9.25. The molecule has 34 heavy (non-hydrogen) atoms. The molecular formula is C24H22ClFN6O2. The first-order chi connectivity index (χ1) is 16.3. The Balaban J connectivity index is 1.95. The summed E-state index contributed by atoms with van der Waals surface area (Å²) in [6.07, 6.45) is 3.06. The molecule has 1 aliphatic rings. The number of nitrogens with zero attached hydrogens (tertiary/aromatic N) is 3. The number of hydrogen-bond acceptors (Lipinski definition) is 6. The fourth-order valence-electron chi connectivity index (χ4n) is 3.82. The van der Waals surface area contributed by atoms with Gasteiger partial charge in [0.15, 0.2) is 0 Å². The molecule has 0 aliphatic heterocycles. The van der Waals surface area contributed by atoms with Crippen molar-refractivity contribution < 1.29 is 9.13 Å². The third-order valence-corrected chi connectivity index (χ3v) is 5.92. The lowest BCUT2D eigenvalue weighted by Gasteiger charge is -2.18. The van der Waals surface area contributed by atoms with Crippen LogP contribution in [0.15, 0.2) is 34.2 Å². The summed E-state index contributed by atoms with van der Waals surface area (Å²) in [5.41, 5.74) is 13.0. The molecule has 0 radical (unpaired) electrons. The molecule has 0 spiro atoms. The summed E-state index contributed by atoms with van der Waals surface area (Å²) in [5, 5.41) is 7.20. The maximum absolute atomic E-state index is 15.5. The zero-order valence-electron chi connectivity index (χ0n) is 18.6. The van der Waals surface area contributed by atoms with E-state index in [4.69, 9.17) is 34.4 Å². The van der Waals surface area contributed by atoms with Crippen molar-refractivity contribution in [3.8, 4) is 5.75 Å². The van der Waals surface area contributed by atoms with Crippen molar-refractivity contribution in [2.45, 2.75) is 32.4 Å². The lowest BCUT2D eigenvalue weighted by Crippen LogP contribution is -2.15. The molecule has 4 rings (SSSR count). The average Bonchev–Trinajstić information content (AvgIpc) is 3.64. The molecular weight excluding hydrogens is 459 g/mol. The monoisotopic (exact) mass is 480 g/mol. The Hall–Kier alpha value is -3.74. The van der Waals surface area contributed by atoms with Gasteiger partial charge in [0.2, 0.25) is 5.69 Å². The first kappa shape index (κ1) is 23.4. The van der Waals surface area contributed by atoms with E-state index in [-0.39, 0.29) is 40.0 Å². The molecule has 0 atom stereocenters. The van der Waals surface area contributed by atoms with Gasteiger partial charge < -0.3 is 16.2 Å². The number of H-pyrrole nitrogens is 1. The zero-order valence-corrected chi connectivity index (χ0v) is 19.3. The number of rotatable bonds is 6. The summed E-state index contributed by atoms with van der Waals surface area (Å²) in [5.74, 6) is -0.289. The van der Waals surface area contributed by atoms with Crippen molar-refractivity contribution in [1.82, 2.24) is 10.2 Å². The molecule has 5 N–H and O–H groups in total. The van der Waals surface area contributed by atoms with Crippen molar-refractivity contribution in [3.63, 3.8) is 0 Å². The molecule has 1 fully saturated rings. The maximum Gasteiger partial charge on any atom is 0.273 e. The minimum absolute atomic E-state index is 0.0100. The molecule has 1 aromatic heterocycles. The Bertz CT molecular complexity index is 1470. The van der Waals surface area contributed by atoms with Crippen molar-refractivity contribution in [3.05, 3.63) is 79.4 Å². The van der Waals surface area contributed by atoms with E-state index in [1.165, 1.54) is 25.4 Å². The number of benzene rings is 2. The highest BCUT2D eigenvalue weighted by atomic mass is 35.5. The summed E-state index contributed by atoms with van der Waals surface area (Å²) in [4.78, 5) is 20.2. The van der Waals surface area contributed by atoms with Crippen molar-refractivity contribution >= 4 is 39.3 Å². The Morgan fingerprint density at radius 3 is 2.76 bits per heavy atom. The van der Waals surface area contributed by atoms with E-state index in [2.05, 4.69) is 20.0 Å². The van der Waals surface area contributed by atoms with Crippen LogP contribution in [-0.2, 0) is 6.54 Å². The molecule has 1 aliphatic carbocycles. The van der Waals surface area contributed by atoms with Gasteiger partial charge in [0.1, 0.15) is 11.6 Å². The van der Waals surface area contributed by atoms with Gasteiger partial charge in [0, 0.05) is 36.3 Å². The molecule has 1 saturated carbocycles. The number of ether oxygens (including phenoxy) is 1. The van der Waals surface area contributed by atoms with Crippen LogP contribution in [0.25, 0.3) is 21.2 Å². The molecule has 1 heterocycles. The van der Waals surface area contributed by atoms with Gasteiger partial charge in [-0.15, -0.1) is 0 Å². The predicted molar refractivity (Wildman–Crippen MR) is 131 cm³/mol. The molecule has 10 heteroatoms. The van der Waals surface area contributed by atoms with E-state index in [0.717, 1.165) is 12.8 Å². The van der Waals surface area contributed by atoms with Gasteiger partial charge in [-0.05, 0) is 49.1 Å². The standard InChI is InChI=1S/C24H22ClFN6O2/c1-11-6-18(34-13-4-5-13)23(30-3)20(21(11)26)22(29-2)15(9-27)12-7-14-17(10-28)31-32-24(33)19(14)16(25)8-12/h6-9,13H,4-5,10,27-28H2,1-2H3,(H,32,33)/b15-9-,29-22?. The van der Waals surface area contributed by atoms with Crippen LogP contribution in [0.1, 0.15) is 35.2 Å². The van der Waals surface area contributed by atoms with Crippen LogP contribution in [0.3, 0.4) is 0 Å². The van der Waals surface area contributed by atoms with E-state index < -0.39 is 11.4 Å². The van der Waals surface area contributed by atoms with Crippen LogP contribution in [0.2, 0.25) is 5.02 Å². The number of aromatic amines is 1. The zero-order chi connectivity index (χ0) is 24.6. The molecule has 0 unspecified atom stereocenters. The third kappa shape index (κ3) is 4.02. The highest BCUT2D eigenvalue weighted by Crippen LogP contribution is 2.41. The molecule has 2 aromatic carbocycles. The number of aromatic nitrogens is 2. The number of nitrogens with two attached hydrogens (primary N) is 2. The Morgan fingerprint density at radius 2 is 2.18 bits per heavy atom. The summed E-state index contributed by atoms with van der Waals surface area (Å²) >= 11 is 6.46. The van der Waals surface area contributed by atoms with Crippen LogP contribution in [0.4, 0.5) is 10.1 Å². The van der Waals surface area contributed by atoms with Gasteiger partial charge >= 0.3 is 0 Å². The summed E-state index contributed by atoms with van der Waals surface area (Å²) in [6, 6.07) is 4.72. The topological polar surface area (TPSA) is 124 Å².